The van der Waals surface area contributed by atoms with E-state index in [0.717, 1.165) is 42.2 Å². The van der Waals surface area contributed by atoms with Crippen LogP contribution < -0.4 is 10.2 Å². The van der Waals surface area contributed by atoms with Crippen LogP contribution in [-0.4, -0.2) is 48.5 Å². The molecule has 1 saturated heterocycles. The lowest BCUT2D eigenvalue weighted by Crippen LogP contribution is -2.49. The summed E-state index contributed by atoms with van der Waals surface area (Å²) in [6, 6.07) is 13.2. The van der Waals surface area contributed by atoms with Crippen molar-refractivity contribution in [3.05, 3.63) is 52.6 Å². The van der Waals surface area contributed by atoms with Crippen LogP contribution in [-0.2, 0) is 4.79 Å². The van der Waals surface area contributed by atoms with Gasteiger partial charge in [0.15, 0.2) is 0 Å². The predicted octanol–water partition coefficient (Wildman–Crippen LogP) is 2.48. The summed E-state index contributed by atoms with van der Waals surface area (Å²) in [4.78, 5) is 20.8. The summed E-state index contributed by atoms with van der Waals surface area (Å²) in [6.45, 7) is 3.49. The Labute approximate surface area is 155 Å². The van der Waals surface area contributed by atoms with Gasteiger partial charge in [-0.1, -0.05) is 12.1 Å². The average Bonchev–Trinajstić information content (AvgIpc) is 2.64. The fraction of sp³-hybridized carbons (Fsp3) is 0.278. The minimum atomic E-state index is -0.0232. The van der Waals surface area contributed by atoms with E-state index in [1.54, 1.807) is 18.3 Å². The van der Waals surface area contributed by atoms with Gasteiger partial charge in [0.2, 0.25) is 5.91 Å². The van der Waals surface area contributed by atoms with Gasteiger partial charge in [-0.2, -0.15) is 5.26 Å². The second kappa shape index (κ2) is 8.10. The Balaban J connectivity index is 1.51. The normalized spacial score (nSPS) is 14.8. The molecule has 0 unspecified atom stereocenters. The highest BCUT2D eigenvalue weighted by molar-refractivity contribution is 9.10. The van der Waals surface area contributed by atoms with E-state index in [0.29, 0.717) is 12.1 Å². The molecule has 1 amide bonds. The van der Waals surface area contributed by atoms with Crippen molar-refractivity contribution in [2.75, 3.05) is 42.9 Å². The van der Waals surface area contributed by atoms with Crippen LogP contribution in [0.5, 0.6) is 0 Å². The highest BCUT2D eigenvalue weighted by Gasteiger charge is 2.20. The summed E-state index contributed by atoms with van der Waals surface area (Å²) in [5.41, 5.74) is 1.39. The monoisotopic (exact) mass is 399 g/mol. The fourth-order valence-corrected chi connectivity index (χ4v) is 3.14. The lowest BCUT2D eigenvalue weighted by atomic mass is 10.2. The smallest absolute Gasteiger partial charge is 0.238 e. The molecule has 1 fully saturated rings. The number of hydrogen-bond donors (Lipinski definition) is 1. The zero-order chi connectivity index (χ0) is 17.6. The van der Waals surface area contributed by atoms with Crippen molar-refractivity contribution in [1.29, 1.82) is 5.26 Å². The Hall–Kier alpha value is -2.43. The van der Waals surface area contributed by atoms with Crippen LogP contribution in [0.4, 0.5) is 11.5 Å². The molecular weight excluding hydrogens is 382 g/mol. The molecule has 1 N–H and O–H groups in total. The zero-order valence-electron chi connectivity index (χ0n) is 13.7. The number of carbonyl (C=O) groups is 1. The summed E-state index contributed by atoms with van der Waals surface area (Å²) in [5, 5.41) is 11.9. The molecule has 1 aromatic heterocycles. The Morgan fingerprint density at radius 2 is 2.00 bits per heavy atom. The van der Waals surface area contributed by atoms with Crippen LogP contribution >= 0.6 is 15.9 Å². The summed E-state index contributed by atoms with van der Waals surface area (Å²) in [5.74, 6) is 0.793. The van der Waals surface area contributed by atoms with E-state index in [9.17, 15) is 4.79 Å². The minimum Gasteiger partial charge on any atom is -0.354 e. The molecule has 3 rings (SSSR count). The average molecular weight is 400 g/mol. The van der Waals surface area contributed by atoms with Crippen LogP contribution in [0.25, 0.3) is 0 Å². The Morgan fingerprint density at radius 1 is 1.24 bits per heavy atom. The molecule has 0 radical (unpaired) electrons. The van der Waals surface area contributed by atoms with Crippen molar-refractivity contribution in [2.45, 2.75) is 0 Å². The molecule has 0 atom stereocenters. The van der Waals surface area contributed by atoms with E-state index in [4.69, 9.17) is 5.26 Å². The molecule has 7 heteroatoms. The number of nitrogens with one attached hydrogen (secondary N) is 1. The van der Waals surface area contributed by atoms with Gasteiger partial charge in [-0.15, -0.1) is 0 Å². The van der Waals surface area contributed by atoms with Crippen molar-refractivity contribution < 1.29 is 4.79 Å². The number of pyridine rings is 1. The van der Waals surface area contributed by atoms with Crippen molar-refractivity contribution in [2.24, 2.45) is 0 Å². The van der Waals surface area contributed by atoms with Gasteiger partial charge in [0, 0.05) is 36.8 Å². The van der Waals surface area contributed by atoms with Gasteiger partial charge in [0.25, 0.3) is 0 Å². The molecule has 1 aliphatic rings. The van der Waals surface area contributed by atoms with Crippen molar-refractivity contribution >= 4 is 33.3 Å². The first-order valence-corrected chi connectivity index (χ1v) is 8.83. The number of benzene rings is 1. The lowest BCUT2D eigenvalue weighted by Gasteiger charge is -2.35. The maximum absolute atomic E-state index is 12.2. The van der Waals surface area contributed by atoms with Crippen molar-refractivity contribution in [3.63, 3.8) is 0 Å². The first-order chi connectivity index (χ1) is 12.2. The number of hydrogen-bond acceptors (Lipinski definition) is 5. The number of anilines is 2. The summed E-state index contributed by atoms with van der Waals surface area (Å²) in [6.07, 6.45) is 1.66. The third-order valence-corrected chi connectivity index (χ3v) is 4.78. The van der Waals surface area contributed by atoms with E-state index < -0.39 is 0 Å². The van der Waals surface area contributed by atoms with E-state index in [1.807, 2.05) is 24.3 Å². The molecule has 1 aromatic carbocycles. The highest BCUT2D eigenvalue weighted by atomic mass is 79.9. The van der Waals surface area contributed by atoms with Crippen LogP contribution in [0, 0.1) is 11.3 Å². The van der Waals surface area contributed by atoms with E-state index >= 15 is 0 Å². The number of amides is 1. The number of aromatic nitrogens is 1. The number of rotatable bonds is 4. The quantitative estimate of drug-likeness (QED) is 0.854. The maximum atomic E-state index is 12.2. The van der Waals surface area contributed by atoms with E-state index in [1.165, 1.54) is 0 Å². The summed E-state index contributed by atoms with van der Waals surface area (Å²) in [7, 11) is 0. The van der Waals surface area contributed by atoms with Gasteiger partial charge in [-0.25, -0.2) is 4.98 Å². The predicted molar refractivity (Wildman–Crippen MR) is 100 cm³/mol. The third-order valence-electron chi connectivity index (χ3n) is 4.09. The molecule has 0 bridgehead atoms. The van der Waals surface area contributed by atoms with Gasteiger partial charge in [-0.3, -0.25) is 9.69 Å². The van der Waals surface area contributed by atoms with E-state index in [2.05, 4.69) is 42.1 Å². The second-order valence-electron chi connectivity index (χ2n) is 5.81. The Morgan fingerprint density at radius 3 is 2.72 bits per heavy atom. The fourth-order valence-electron chi connectivity index (χ4n) is 2.75. The van der Waals surface area contributed by atoms with Gasteiger partial charge in [0.1, 0.15) is 5.82 Å². The molecule has 6 nitrogen and oxygen atoms in total. The third kappa shape index (κ3) is 4.56. The topological polar surface area (TPSA) is 72.3 Å². The van der Waals surface area contributed by atoms with Gasteiger partial charge in [-0.05, 0) is 40.2 Å². The first kappa shape index (κ1) is 17.4. The minimum absolute atomic E-state index is 0.0232. The zero-order valence-corrected chi connectivity index (χ0v) is 15.2. The highest BCUT2D eigenvalue weighted by Crippen LogP contribution is 2.21. The number of nitriles is 1. The molecule has 25 heavy (non-hydrogen) atoms. The number of halogens is 1. The molecular formula is C18H18BrN5O. The van der Waals surface area contributed by atoms with E-state index in [-0.39, 0.29) is 5.91 Å². The number of piperazine rings is 1. The molecule has 2 heterocycles. The largest absolute Gasteiger partial charge is 0.354 e. The Kier molecular flexibility index (Phi) is 5.64. The van der Waals surface area contributed by atoms with Gasteiger partial charge >= 0.3 is 0 Å². The van der Waals surface area contributed by atoms with Crippen LogP contribution in [0.15, 0.2) is 47.1 Å². The molecule has 0 saturated carbocycles. The van der Waals surface area contributed by atoms with Crippen molar-refractivity contribution in [1.82, 2.24) is 9.88 Å². The SMILES string of the molecule is N#Cc1ccnc(N2CCN(CC(=O)Nc3ccccc3Br)CC2)c1. The van der Waals surface area contributed by atoms with Gasteiger partial charge < -0.3 is 10.2 Å². The number of para-hydroxylation sites is 1. The lowest BCUT2D eigenvalue weighted by molar-refractivity contribution is -0.117. The number of nitrogens with zero attached hydrogens (tertiary/aromatic N) is 4. The molecule has 1 aliphatic heterocycles. The van der Waals surface area contributed by atoms with Crippen LogP contribution in [0.2, 0.25) is 0 Å². The number of carbonyl (C=O) groups excluding carboxylic acids is 1. The molecule has 0 aliphatic carbocycles. The molecule has 0 spiro atoms. The molecule has 128 valence electrons. The summed E-state index contributed by atoms with van der Waals surface area (Å²) < 4.78 is 0.872. The first-order valence-electron chi connectivity index (χ1n) is 8.03. The van der Waals surface area contributed by atoms with Gasteiger partial charge in [0.05, 0.1) is 23.9 Å². The van der Waals surface area contributed by atoms with Crippen LogP contribution in [0.1, 0.15) is 5.56 Å². The second-order valence-corrected chi connectivity index (χ2v) is 6.66. The summed E-state index contributed by atoms with van der Waals surface area (Å²) >= 11 is 3.43. The standard InChI is InChI=1S/C18H18BrN5O/c19-15-3-1-2-4-16(15)22-18(25)13-23-7-9-24(10-8-23)17-11-14(12-20)5-6-21-17/h1-6,11H,7-10,13H2,(H,22,25). The Bertz CT molecular complexity index is 796. The van der Waals surface area contributed by atoms with Crippen molar-refractivity contribution in [3.8, 4) is 6.07 Å². The molecule has 2 aromatic rings. The maximum Gasteiger partial charge on any atom is 0.238 e. The van der Waals surface area contributed by atoms with Crippen LogP contribution in [0.3, 0.4) is 0 Å².